The second-order valence-electron chi connectivity index (χ2n) is 6.92. The van der Waals surface area contributed by atoms with E-state index in [-0.39, 0.29) is 42.0 Å². The van der Waals surface area contributed by atoms with Crippen LogP contribution in [0.4, 0.5) is 0 Å². The number of halogens is 1. The molecule has 0 aliphatic carbocycles. The van der Waals surface area contributed by atoms with Crippen LogP contribution in [0.1, 0.15) is 44.7 Å². The Balaban J connectivity index is 0.00000529. The van der Waals surface area contributed by atoms with Crippen molar-refractivity contribution in [2.45, 2.75) is 46.1 Å². The fraction of sp³-hybridized carbons (Fsp3) is 0.556. The summed E-state index contributed by atoms with van der Waals surface area (Å²) in [6.07, 6.45) is 0. The molecular weight excluding hydrogens is 415 g/mol. The van der Waals surface area contributed by atoms with Crippen LogP contribution in [0.15, 0.2) is 29.3 Å². The smallest absolute Gasteiger partial charge is 0.239 e. The second-order valence-corrected chi connectivity index (χ2v) is 6.92. The Bertz CT molecular complexity index is 552. The van der Waals surface area contributed by atoms with E-state index in [1.807, 2.05) is 20.8 Å². The van der Waals surface area contributed by atoms with Crippen molar-refractivity contribution >= 4 is 35.8 Å². The van der Waals surface area contributed by atoms with E-state index in [1.54, 1.807) is 7.05 Å². The summed E-state index contributed by atoms with van der Waals surface area (Å²) in [6, 6.07) is 8.49. The first-order valence-electron chi connectivity index (χ1n) is 8.03. The lowest BCUT2D eigenvalue weighted by Crippen LogP contribution is -2.48. The molecule has 1 aromatic rings. The summed E-state index contributed by atoms with van der Waals surface area (Å²) in [4.78, 5) is 16.0. The van der Waals surface area contributed by atoms with E-state index in [0.29, 0.717) is 11.9 Å². The lowest BCUT2D eigenvalue weighted by molar-refractivity contribution is -0.121. The number of hydrogen-bond acceptors (Lipinski definition) is 2. The zero-order chi connectivity index (χ0) is 17.5. The Morgan fingerprint density at radius 2 is 1.92 bits per heavy atom. The lowest BCUT2D eigenvalue weighted by atomic mass is 9.99. The van der Waals surface area contributed by atoms with E-state index in [0.717, 1.165) is 6.54 Å². The first-order valence-corrected chi connectivity index (χ1v) is 8.03. The van der Waals surface area contributed by atoms with E-state index in [9.17, 15) is 4.79 Å². The number of benzene rings is 1. The lowest BCUT2D eigenvalue weighted by Gasteiger charge is -2.21. The van der Waals surface area contributed by atoms with Crippen molar-refractivity contribution in [1.29, 1.82) is 0 Å². The van der Waals surface area contributed by atoms with Gasteiger partial charge < -0.3 is 16.0 Å². The maximum Gasteiger partial charge on any atom is 0.239 e. The number of carbonyl (C=O) groups is 1. The van der Waals surface area contributed by atoms with Gasteiger partial charge in [-0.25, -0.2) is 0 Å². The summed E-state index contributed by atoms with van der Waals surface area (Å²) in [6.45, 7) is 11.1. The Morgan fingerprint density at radius 3 is 2.46 bits per heavy atom. The number of nitrogens with zero attached hydrogens (tertiary/aromatic N) is 1. The third-order valence-electron chi connectivity index (χ3n) is 3.34. The number of aryl methyl sites for hydroxylation is 1. The van der Waals surface area contributed by atoms with E-state index in [1.165, 1.54) is 11.1 Å². The Labute approximate surface area is 163 Å². The molecule has 0 bridgehead atoms. The van der Waals surface area contributed by atoms with Gasteiger partial charge in [0.15, 0.2) is 5.96 Å². The number of amides is 1. The molecule has 6 heteroatoms. The zero-order valence-corrected chi connectivity index (χ0v) is 17.9. The minimum absolute atomic E-state index is 0. The standard InChI is InChI=1S/C18H30N4O.HI/c1-13-8-7-9-15(10-13)14(2)11-20-17(19-6)21-12-16(23)22-18(3,4)5;/h7-10,14H,11-12H2,1-6H3,(H,22,23)(H2,19,20,21);1H. The van der Waals surface area contributed by atoms with E-state index < -0.39 is 0 Å². The Hall–Kier alpha value is -1.31. The van der Waals surface area contributed by atoms with Gasteiger partial charge in [-0.3, -0.25) is 9.79 Å². The summed E-state index contributed by atoms with van der Waals surface area (Å²) in [5, 5.41) is 9.21. The fourth-order valence-electron chi connectivity index (χ4n) is 2.19. The molecule has 0 aliphatic rings. The fourth-order valence-corrected chi connectivity index (χ4v) is 2.19. The van der Waals surface area contributed by atoms with Gasteiger partial charge in [-0.15, -0.1) is 24.0 Å². The van der Waals surface area contributed by atoms with Crippen molar-refractivity contribution in [3.63, 3.8) is 0 Å². The van der Waals surface area contributed by atoms with Gasteiger partial charge in [0.05, 0.1) is 6.54 Å². The molecule has 1 amide bonds. The number of hydrogen-bond donors (Lipinski definition) is 3. The molecule has 0 radical (unpaired) electrons. The highest BCUT2D eigenvalue weighted by Crippen LogP contribution is 2.15. The molecule has 136 valence electrons. The van der Waals surface area contributed by atoms with Crippen LogP contribution in [0.2, 0.25) is 0 Å². The van der Waals surface area contributed by atoms with Crippen LogP contribution in [0.25, 0.3) is 0 Å². The highest BCUT2D eigenvalue weighted by Gasteiger charge is 2.14. The molecule has 0 spiro atoms. The number of aliphatic imine (C=N–C) groups is 1. The highest BCUT2D eigenvalue weighted by atomic mass is 127. The minimum atomic E-state index is -0.227. The average Bonchev–Trinajstić information content (AvgIpc) is 2.45. The van der Waals surface area contributed by atoms with E-state index >= 15 is 0 Å². The van der Waals surface area contributed by atoms with Crippen LogP contribution in [0.5, 0.6) is 0 Å². The van der Waals surface area contributed by atoms with Crippen LogP contribution >= 0.6 is 24.0 Å². The molecule has 24 heavy (non-hydrogen) atoms. The van der Waals surface area contributed by atoms with Crippen LogP contribution in [0, 0.1) is 6.92 Å². The van der Waals surface area contributed by atoms with E-state index in [2.05, 4.69) is 59.1 Å². The summed E-state index contributed by atoms with van der Waals surface area (Å²) >= 11 is 0. The Morgan fingerprint density at radius 1 is 1.25 bits per heavy atom. The maximum absolute atomic E-state index is 11.8. The first-order chi connectivity index (χ1) is 10.7. The first kappa shape index (κ1) is 22.7. The number of carbonyl (C=O) groups excluding carboxylic acids is 1. The van der Waals surface area contributed by atoms with Gasteiger partial charge in [-0.1, -0.05) is 36.8 Å². The predicted octanol–water partition coefficient (Wildman–Crippen LogP) is 2.80. The van der Waals surface area contributed by atoms with Crippen molar-refractivity contribution in [2.24, 2.45) is 4.99 Å². The summed E-state index contributed by atoms with van der Waals surface area (Å²) in [7, 11) is 1.70. The molecule has 3 N–H and O–H groups in total. The quantitative estimate of drug-likeness (QED) is 0.370. The molecular formula is C18H31IN4O. The molecule has 1 rings (SSSR count). The molecule has 1 aromatic carbocycles. The summed E-state index contributed by atoms with van der Waals surface area (Å²) in [5.74, 6) is 0.942. The van der Waals surface area contributed by atoms with Crippen molar-refractivity contribution in [2.75, 3.05) is 20.1 Å². The van der Waals surface area contributed by atoms with Gasteiger partial charge >= 0.3 is 0 Å². The van der Waals surface area contributed by atoms with Gasteiger partial charge in [-0.05, 0) is 39.2 Å². The van der Waals surface area contributed by atoms with Gasteiger partial charge in [0.25, 0.3) is 0 Å². The number of nitrogens with one attached hydrogen (secondary N) is 3. The molecule has 1 atom stereocenters. The average molecular weight is 446 g/mol. The third kappa shape index (κ3) is 9.10. The predicted molar refractivity (Wildman–Crippen MR) is 112 cm³/mol. The molecule has 0 aromatic heterocycles. The van der Waals surface area contributed by atoms with Gasteiger partial charge in [0.2, 0.25) is 5.91 Å². The summed E-state index contributed by atoms with van der Waals surface area (Å²) < 4.78 is 0. The van der Waals surface area contributed by atoms with Gasteiger partial charge in [-0.2, -0.15) is 0 Å². The molecule has 0 aliphatic heterocycles. The van der Waals surface area contributed by atoms with Crippen molar-refractivity contribution < 1.29 is 4.79 Å². The van der Waals surface area contributed by atoms with Crippen LogP contribution in [0.3, 0.4) is 0 Å². The van der Waals surface area contributed by atoms with Gasteiger partial charge in [0, 0.05) is 19.1 Å². The molecule has 0 saturated heterocycles. The zero-order valence-electron chi connectivity index (χ0n) is 15.6. The molecule has 1 unspecified atom stereocenters. The Kier molecular flexibility index (Phi) is 9.96. The molecule has 0 saturated carbocycles. The normalized spacial score (nSPS) is 12.8. The van der Waals surface area contributed by atoms with E-state index in [4.69, 9.17) is 0 Å². The maximum atomic E-state index is 11.8. The minimum Gasteiger partial charge on any atom is -0.356 e. The number of rotatable bonds is 5. The van der Waals surface area contributed by atoms with Crippen LogP contribution < -0.4 is 16.0 Å². The largest absolute Gasteiger partial charge is 0.356 e. The monoisotopic (exact) mass is 446 g/mol. The van der Waals surface area contributed by atoms with Crippen molar-refractivity contribution in [3.8, 4) is 0 Å². The van der Waals surface area contributed by atoms with Crippen LogP contribution in [-0.2, 0) is 4.79 Å². The van der Waals surface area contributed by atoms with Crippen LogP contribution in [-0.4, -0.2) is 37.5 Å². The number of guanidine groups is 1. The molecule has 0 heterocycles. The third-order valence-corrected chi connectivity index (χ3v) is 3.34. The summed E-state index contributed by atoms with van der Waals surface area (Å²) in [5.41, 5.74) is 2.32. The SMILES string of the molecule is CN=C(NCC(=O)NC(C)(C)C)NCC(C)c1cccc(C)c1.I. The molecule has 0 fully saturated rings. The molecule has 5 nitrogen and oxygen atoms in total. The highest BCUT2D eigenvalue weighted by molar-refractivity contribution is 14.0. The topological polar surface area (TPSA) is 65.5 Å². The van der Waals surface area contributed by atoms with Crippen molar-refractivity contribution in [1.82, 2.24) is 16.0 Å². The second kappa shape index (κ2) is 10.5. The van der Waals surface area contributed by atoms with Gasteiger partial charge in [0.1, 0.15) is 0 Å². The van der Waals surface area contributed by atoms with Crippen molar-refractivity contribution in [3.05, 3.63) is 35.4 Å².